The second kappa shape index (κ2) is 9.24. The topological polar surface area (TPSA) is 98.6 Å². The van der Waals surface area contributed by atoms with Crippen molar-refractivity contribution < 1.29 is 32.2 Å². The molecule has 4 heterocycles. The number of anilines is 1. The number of ether oxygens (including phenoxy) is 2. The summed E-state index contributed by atoms with van der Waals surface area (Å²) in [5, 5.41) is 7.66. The smallest absolute Gasteiger partial charge is 0.413 e. The highest BCUT2D eigenvalue weighted by Gasteiger charge is 2.38. The van der Waals surface area contributed by atoms with Gasteiger partial charge in [0.15, 0.2) is 6.10 Å². The second-order valence-corrected chi connectivity index (χ2v) is 10.1. The number of hydrogen-bond acceptors (Lipinski definition) is 6. The minimum absolute atomic E-state index is 0.00715. The van der Waals surface area contributed by atoms with E-state index in [-0.39, 0.29) is 17.4 Å². The van der Waals surface area contributed by atoms with Gasteiger partial charge in [0.2, 0.25) is 0 Å². The van der Waals surface area contributed by atoms with Crippen molar-refractivity contribution in [2.75, 3.05) is 18.4 Å². The van der Waals surface area contributed by atoms with Crippen molar-refractivity contribution in [3.05, 3.63) is 41.8 Å². The molecule has 0 bridgehead atoms. The molecule has 1 saturated heterocycles. The lowest BCUT2D eigenvalue weighted by Crippen LogP contribution is -2.42. The van der Waals surface area contributed by atoms with Gasteiger partial charge in [0.25, 0.3) is 6.43 Å². The van der Waals surface area contributed by atoms with Crippen LogP contribution in [0.2, 0.25) is 0 Å². The third-order valence-corrected chi connectivity index (χ3v) is 6.34. The molecule has 1 fully saturated rings. The molecule has 1 aromatic carbocycles. The summed E-state index contributed by atoms with van der Waals surface area (Å²) in [6, 6.07) is 5.53. The fourth-order valence-electron chi connectivity index (χ4n) is 4.75. The van der Waals surface area contributed by atoms with E-state index in [4.69, 9.17) is 14.6 Å². The fraction of sp³-hybridized carbons (Fsp3) is 0.440. The number of nitrogens with zero attached hydrogens (tertiary/aromatic N) is 4. The van der Waals surface area contributed by atoms with E-state index in [1.807, 2.05) is 0 Å². The minimum atomic E-state index is -2.99. The highest BCUT2D eigenvalue weighted by Crippen LogP contribution is 2.42. The number of benzene rings is 1. The first kappa shape index (κ1) is 24.8. The third kappa shape index (κ3) is 4.79. The standard InChI is InChI=1S/C25H26F3N5O4/c1-25(2,3)37-24(35)32-10-7-14(8-11-32)33-17-12-13(26)4-5-15(17)19(31-33)16-6-9-29-22-18(16)20(21(27)28)36-23(34)30-22/h4-6,9,12,14,20-21H,7-8,10-11H2,1-3H3,(H,29,30,34)/t20-/m1/s1. The second-order valence-electron chi connectivity index (χ2n) is 10.1. The van der Waals surface area contributed by atoms with Gasteiger partial charge in [-0.1, -0.05) is 0 Å². The molecule has 0 spiro atoms. The molecule has 0 unspecified atom stereocenters. The quantitative estimate of drug-likeness (QED) is 0.480. The van der Waals surface area contributed by atoms with Crippen LogP contribution in [0.4, 0.5) is 28.6 Å². The number of hydrogen-bond donors (Lipinski definition) is 1. The van der Waals surface area contributed by atoms with Crippen molar-refractivity contribution >= 4 is 28.9 Å². The van der Waals surface area contributed by atoms with Gasteiger partial charge in [0.05, 0.1) is 17.1 Å². The number of amides is 2. The van der Waals surface area contributed by atoms with Gasteiger partial charge in [-0.15, -0.1) is 0 Å². The largest absolute Gasteiger partial charge is 0.444 e. The summed E-state index contributed by atoms with van der Waals surface area (Å²) in [5.74, 6) is -0.501. The van der Waals surface area contributed by atoms with Gasteiger partial charge in [-0.05, 0) is 57.9 Å². The molecule has 0 aliphatic carbocycles. The predicted octanol–water partition coefficient (Wildman–Crippen LogP) is 5.68. The van der Waals surface area contributed by atoms with Crippen LogP contribution in [0.3, 0.4) is 0 Å². The number of halogens is 3. The number of piperidine rings is 1. The maximum Gasteiger partial charge on any atom is 0.413 e. The van der Waals surface area contributed by atoms with Crippen LogP contribution in [0.25, 0.3) is 22.2 Å². The van der Waals surface area contributed by atoms with Gasteiger partial charge >= 0.3 is 12.2 Å². The van der Waals surface area contributed by atoms with Crippen molar-refractivity contribution in [1.82, 2.24) is 19.7 Å². The van der Waals surface area contributed by atoms with E-state index in [2.05, 4.69) is 10.3 Å². The zero-order valence-electron chi connectivity index (χ0n) is 20.5. The summed E-state index contributed by atoms with van der Waals surface area (Å²) in [6.45, 7) is 6.25. The number of nitrogens with one attached hydrogen (secondary N) is 1. The van der Waals surface area contributed by atoms with Crippen molar-refractivity contribution in [1.29, 1.82) is 0 Å². The Morgan fingerprint density at radius 3 is 2.62 bits per heavy atom. The maximum atomic E-state index is 14.3. The van der Waals surface area contributed by atoms with Crippen LogP contribution < -0.4 is 5.32 Å². The van der Waals surface area contributed by atoms with Crippen LogP contribution in [0.5, 0.6) is 0 Å². The van der Waals surface area contributed by atoms with E-state index in [0.717, 1.165) is 0 Å². The number of fused-ring (bicyclic) bond motifs is 2. The molecule has 0 radical (unpaired) electrons. The first-order chi connectivity index (χ1) is 17.5. The average molecular weight is 518 g/mol. The molecule has 9 nitrogen and oxygen atoms in total. The monoisotopic (exact) mass is 517 g/mol. The molecule has 5 rings (SSSR count). The lowest BCUT2D eigenvalue weighted by molar-refractivity contribution is -0.0168. The number of aromatic nitrogens is 3. The van der Waals surface area contributed by atoms with E-state index < -0.39 is 36.1 Å². The zero-order valence-corrected chi connectivity index (χ0v) is 20.5. The summed E-state index contributed by atoms with van der Waals surface area (Å²) in [6.07, 6.45) is -3.77. The van der Waals surface area contributed by atoms with Crippen LogP contribution in [0.15, 0.2) is 30.5 Å². The van der Waals surface area contributed by atoms with Gasteiger partial charge in [-0.25, -0.2) is 27.7 Å². The number of carbonyl (C=O) groups is 2. The Balaban J connectivity index is 1.53. The maximum absolute atomic E-state index is 14.3. The Labute approximate surface area is 210 Å². The van der Waals surface area contributed by atoms with E-state index >= 15 is 0 Å². The summed E-state index contributed by atoms with van der Waals surface area (Å²) < 4.78 is 54.1. The van der Waals surface area contributed by atoms with E-state index in [9.17, 15) is 22.8 Å². The Morgan fingerprint density at radius 2 is 1.95 bits per heavy atom. The number of carbonyl (C=O) groups excluding carboxylic acids is 2. The van der Waals surface area contributed by atoms with Crippen molar-refractivity contribution in [3.63, 3.8) is 0 Å². The SMILES string of the molecule is CC(C)(C)OC(=O)N1CCC(n2nc(-c3ccnc4c3[C@H](C(F)F)OC(=O)N4)c3ccc(F)cc32)CC1. The number of rotatable bonds is 3. The van der Waals surface area contributed by atoms with Gasteiger partial charge in [0.1, 0.15) is 22.9 Å². The molecule has 1 N–H and O–H groups in total. The Hall–Kier alpha value is -3.83. The van der Waals surface area contributed by atoms with Crippen LogP contribution >= 0.6 is 0 Å². The van der Waals surface area contributed by atoms with Crippen LogP contribution in [0.1, 0.15) is 51.3 Å². The minimum Gasteiger partial charge on any atom is -0.444 e. The van der Waals surface area contributed by atoms with Crippen LogP contribution in [0, 0.1) is 5.82 Å². The highest BCUT2D eigenvalue weighted by atomic mass is 19.3. The number of pyridine rings is 1. The zero-order chi connectivity index (χ0) is 26.5. The van der Waals surface area contributed by atoms with Crippen molar-refractivity contribution in [2.45, 2.75) is 57.8 Å². The molecule has 37 heavy (non-hydrogen) atoms. The van der Waals surface area contributed by atoms with Gasteiger partial charge in [-0.2, -0.15) is 5.10 Å². The molecule has 0 saturated carbocycles. The van der Waals surface area contributed by atoms with E-state index in [1.165, 1.54) is 24.4 Å². The third-order valence-electron chi connectivity index (χ3n) is 6.34. The molecule has 12 heteroatoms. The average Bonchev–Trinajstić information content (AvgIpc) is 3.20. The first-order valence-electron chi connectivity index (χ1n) is 11.9. The molecule has 196 valence electrons. The lowest BCUT2D eigenvalue weighted by atomic mass is 9.98. The van der Waals surface area contributed by atoms with Crippen LogP contribution in [-0.2, 0) is 9.47 Å². The summed E-state index contributed by atoms with van der Waals surface area (Å²) in [5.41, 5.74) is 0.533. The number of likely N-dealkylation sites (tertiary alicyclic amines) is 1. The van der Waals surface area contributed by atoms with Gasteiger partial charge in [-0.3, -0.25) is 10.00 Å². The molecular formula is C25H26F3N5O4. The summed E-state index contributed by atoms with van der Waals surface area (Å²) in [7, 11) is 0. The Bertz CT molecular complexity index is 1360. The molecule has 3 aromatic rings. The lowest BCUT2D eigenvalue weighted by Gasteiger charge is -2.33. The Morgan fingerprint density at radius 1 is 1.22 bits per heavy atom. The predicted molar refractivity (Wildman–Crippen MR) is 128 cm³/mol. The fourth-order valence-corrected chi connectivity index (χ4v) is 4.75. The molecule has 1 atom stereocenters. The summed E-state index contributed by atoms with van der Waals surface area (Å²) >= 11 is 0. The van der Waals surface area contributed by atoms with Gasteiger partial charge < -0.3 is 14.4 Å². The van der Waals surface area contributed by atoms with E-state index in [1.54, 1.807) is 36.4 Å². The summed E-state index contributed by atoms with van der Waals surface area (Å²) in [4.78, 5) is 29.9. The molecular weight excluding hydrogens is 491 g/mol. The molecule has 2 aromatic heterocycles. The van der Waals surface area contributed by atoms with Gasteiger partial charge in [0, 0.05) is 30.2 Å². The highest BCUT2D eigenvalue weighted by molar-refractivity contribution is 5.97. The molecule has 2 aliphatic rings. The first-order valence-corrected chi connectivity index (χ1v) is 11.9. The van der Waals surface area contributed by atoms with Crippen molar-refractivity contribution in [3.8, 4) is 11.3 Å². The molecule has 2 aliphatic heterocycles. The van der Waals surface area contributed by atoms with E-state index in [0.29, 0.717) is 48.1 Å². The van der Waals surface area contributed by atoms with Crippen LogP contribution in [-0.4, -0.2) is 57.0 Å². The molecule has 2 amide bonds. The van der Waals surface area contributed by atoms with Crippen molar-refractivity contribution in [2.24, 2.45) is 0 Å². The Kier molecular flexibility index (Phi) is 6.20. The normalized spacial score (nSPS) is 18.5. The number of alkyl halides is 2. The number of cyclic esters (lactones) is 1.